The van der Waals surface area contributed by atoms with Crippen molar-refractivity contribution in [2.45, 2.75) is 0 Å². The monoisotopic (exact) mass is 127 g/mol. The second-order valence-corrected chi connectivity index (χ2v) is 1.64. The lowest BCUT2D eigenvalue weighted by Gasteiger charge is -1.94. The Morgan fingerprint density at radius 1 is 1.75 bits per heavy atom. The van der Waals surface area contributed by atoms with E-state index in [2.05, 4.69) is 29.1 Å². The molecule has 1 aliphatic heterocycles. The third-order valence-corrected chi connectivity index (χ3v) is 0.830. The van der Waals surface area contributed by atoms with Crippen molar-refractivity contribution in [2.75, 3.05) is 0 Å². The van der Waals surface area contributed by atoms with Crippen LogP contribution in [0.4, 0.5) is 0 Å². The molecule has 3 nitrogen and oxygen atoms in total. The molecule has 1 aliphatic rings. The Bertz CT molecular complexity index is 163. The zero-order valence-electron chi connectivity index (χ0n) is 3.89. The molecule has 0 aromatic rings. The Morgan fingerprint density at radius 2 is 2.50 bits per heavy atom. The summed E-state index contributed by atoms with van der Waals surface area (Å²) in [5.41, 5.74) is 0. The Labute approximate surface area is 51.8 Å². The molecule has 1 amide bonds. The minimum absolute atomic E-state index is 0.228. The summed E-state index contributed by atoms with van der Waals surface area (Å²) in [5.74, 6) is -0.228. The molecule has 0 radical (unpaired) electrons. The van der Waals surface area contributed by atoms with Crippen molar-refractivity contribution in [1.29, 1.82) is 0 Å². The first-order chi connectivity index (χ1) is 3.79. The van der Waals surface area contributed by atoms with Gasteiger partial charge in [-0.25, -0.2) is 0 Å². The van der Waals surface area contributed by atoms with Gasteiger partial charge in [-0.15, -0.1) is 0 Å². The molecule has 2 N–H and O–H groups in total. The van der Waals surface area contributed by atoms with E-state index in [0.29, 0.717) is 5.11 Å². The van der Waals surface area contributed by atoms with Crippen LogP contribution < -0.4 is 10.6 Å². The average molecular weight is 127 g/mol. The second kappa shape index (κ2) is 1.86. The molecule has 0 saturated carbocycles. The molecule has 4 heteroatoms. The predicted octanol–water partition coefficient (Wildman–Crippen LogP) is -0.692. The van der Waals surface area contributed by atoms with Gasteiger partial charge in [-0.05, 0) is 0 Å². The van der Waals surface area contributed by atoms with E-state index in [1.807, 2.05) is 0 Å². The van der Waals surface area contributed by atoms with E-state index < -0.39 is 0 Å². The van der Waals surface area contributed by atoms with E-state index in [-0.39, 0.29) is 5.91 Å². The average Bonchev–Trinajstić information content (AvgIpc) is 1.64. The van der Waals surface area contributed by atoms with Crippen LogP contribution in [0.3, 0.4) is 0 Å². The smallest absolute Gasteiger partial charge is 0.190 e. The highest BCUT2D eigenvalue weighted by atomic mass is 32.1. The number of carbonyl (C=O) groups excluding carboxylic acids is 1. The number of amides is 1. The quantitative estimate of drug-likeness (QED) is 0.334. The van der Waals surface area contributed by atoms with E-state index in [1.54, 1.807) is 0 Å². The molecule has 0 fully saturated rings. The van der Waals surface area contributed by atoms with Crippen molar-refractivity contribution in [3.8, 4) is 0 Å². The standard InChI is InChI=1S/C4H2N2OS/c7-3-1-2-5-4(8)6-3/h1H,(H-,5,6,7,8)/p+1. The SMILES string of the molecule is O=C1C=[C+]NC(=S)N1. The first-order valence-corrected chi connectivity index (χ1v) is 2.39. The fourth-order valence-electron chi connectivity index (χ4n) is 0.346. The summed E-state index contributed by atoms with van der Waals surface area (Å²) in [5, 5.41) is 5.15. The molecule has 0 unspecified atom stereocenters. The summed E-state index contributed by atoms with van der Waals surface area (Å²) >= 11 is 4.56. The summed E-state index contributed by atoms with van der Waals surface area (Å²) < 4.78 is 0. The molecule has 0 spiro atoms. The third-order valence-electron chi connectivity index (χ3n) is 0.626. The van der Waals surface area contributed by atoms with E-state index >= 15 is 0 Å². The van der Waals surface area contributed by atoms with Crippen LogP contribution in [0.5, 0.6) is 0 Å². The Balaban J connectivity index is 2.68. The molecular formula is C4H3N2OS+. The molecule has 40 valence electrons. The number of thiocarbonyl (C=S) groups is 1. The van der Waals surface area contributed by atoms with Crippen LogP contribution in [0.25, 0.3) is 0 Å². The van der Waals surface area contributed by atoms with Gasteiger partial charge in [-0.3, -0.25) is 0 Å². The number of rotatable bonds is 0. The van der Waals surface area contributed by atoms with Gasteiger partial charge in [0, 0.05) is 12.2 Å². The van der Waals surface area contributed by atoms with Crippen LogP contribution in [0.1, 0.15) is 0 Å². The molecule has 1 rings (SSSR count). The summed E-state index contributed by atoms with van der Waals surface area (Å²) in [6.45, 7) is 0. The predicted molar refractivity (Wildman–Crippen MR) is 31.7 cm³/mol. The molecule has 0 aromatic carbocycles. The molecule has 0 atom stereocenters. The van der Waals surface area contributed by atoms with Crippen LogP contribution in [-0.2, 0) is 4.79 Å². The van der Waals surface area contributed by atoms with Crippen LogP contribution in [0.15, 0.2) is 6.08 Å². The normalized spacial score (nSPS) is 16.5. The van der Waals surface area contributed by atoms with Gasteiger partial charge in [0.15, 0.2) is 6.08 Å². The van der Waals surface area contributed by atoms with Crippen LogP contribution in [0, 0.1) is 6.20 Å². The summed E-state index contributed by atoms with van der Waals surface area (Å²) in [4.78, 5) is 10.3. The number of hydrogen-bond acceptors (Lipinski definition) is 2. The molecule has 0 bridgehead atoms. The Morgan fingerprint density at radius 3 is 2.88 bits per heavy atom. The molecule has 0 saturated heterocycles. The van der Waals surface area contributed by atoms with E-state index in [1.165, 1.54) is 6.08 Å². The molecule has 0 aliphatic carbocycles. The van der Waals surface area contributed by atoms with Crippen molar-refractivity contribution in [1.82, 2.24) is 10.6 Å². The largest absolute Gasteiger partial charge is 0.368 e. The van der Waals surface area contributed by atoms with E-state index in [4.69, 9.17) is 0 Å². The van der Waals surface area contributed by atoms with Crippen LogP contribution in [-0.4, -0.2) is 11.0 Å². The molecule has 8 heavy (non-hydrogen) atoms. The van der Waals surface area contributed by atoms with Gasteiger partial charge < -0.3 is 0 Å². The zero-order valence-corrected chi connectivity index (χ0v) is 4.71. The van der Waals surface area contributed by atoms with Crippen molar-refractivity contribution in [3.05, 3.63) is 12.3 Å². The van der Waals surface area contributed by atoms with Crippen molar-refractivity contribution in [3.63, 3.8) is 0 Å². The molecule has 1 heterocycles. The first-order valence-electron chi connectivity index (χ1n) is 1.99. The topological polar surface area (TPSA) is 41.1 Å². The Kier molecular flexibility index (Phi) is 1.20. The van der Waals surface area contributed by atoms with Crippen LogP contribution in [0.2, 0.25) is 0 Å². The summed E-state index contributed by atoms with van der Waals surface area (Å²) in [6.07, 6.45) is 3.70. The lowest BCUT2D eigenvalue weighted by Crippen LogP contribution is -2.39. The van der Waals surface area contributed by atoms with Crippen LogP contribution >= 0.6 is 12.2 Å². The zero-order chi connectivity index (χ0) is 5.98. The van der Waals surface area contributed by atoms with Gasteiger partial charge in [0.05, 0.1) is 0 Å². The third kappa shape index (κ3) is 0.992. The number of nitrogens with one attached hydrogen (secondary N) is 2. The van der Waals surface area contributed by atoms with Crippen molar-refractivity contribution >= 4 is 23.2 Å². The maximum atomic E-state index is 10.3. The summed E-state index contributed by atoms with van der Waals surface area (Å²) in [6, 6.07) is 0. The molecular weight excluding hydrogens is 124 g/mol. The van der Waals surface area contributed by atoms with E-state index in [0.717, 1.165) is 0 Å². The maximum Gasteiger partial charge on any atom is 0.368 e. The maximum absolute atomic E-state index is 10.3. The fraction of sp³-hybridized carbons (Fsp3) is 0. The van der Waals surface area contributed by atoms with Gasteiger partial charge in [-0.1, -0.05) is 0 Å². The van der Waals surface area contributed by atoms with E-state index in [9.17, 15) is 4.79 Å². The number of carbonyl (C=O) groups is 1. The van der Waals surface area contributed by atoms with Crippen molar-refractivity contribution < 1.29 is 4.79 Å². The van der Waals surface area contributed by atoms with Gasteiger partial charge >= 0.3 is 5.91 Å². The lowest BCUT2D eigenvalue weighted by atomic mass is 10.5. The minimum Gasteiger partial charge on any atom is -0.190 e. The number of hydrogen-bond donors (Lipinski definition) is 2. The molecule has 0 aromatic heterocycles. The fourth-order valence-corrected chi connectivity index (χ4v) is 0.506. The Hall–Kier alpha value is -0.990. The highest BCUT2D eigenvalue weighted by molar-refractivity contribution is 7.80. The first kappa shape index (κ1) is 5.15. The minimum atomic E-state index is -0.228. The highest BCUT2D eigenvalue weighted by Gasteiger charge is 2.14. The van der Waals surface area contributed by atoms with Gasteiger partial charge in [0.2, 0.25) is 0 Å². The lowest BCUT2D eigenvalue weighted by molar-refractivity contribution is -0.115. The van der Waals surface area contributed by atoms with Gasteiger partial charge in [0.1, 0.15) is 6.20 Å². The van der Waals surface area contributed by atoms with Gasteiger partial charge in [0.25, 0.3) is 5.11 Å². The highest BCUT2D eigenvalue weighted by Crippen LogP contribution is 1.77. The van der Waals surface area contributed by atoms with Gasteiger partial charge in [-0.2, -0.15) is 15.4 Å². The summed E-state index contributed by atoms with van der Waals surface area (Å²) in [7, 11) is 0. The van der Waals surface area contributed by atoms with Crippen molar-refractivity contribution in [2.24, 2.45) is 0 Å². The second-order valence-electron chi connectivity index (χ2n) is 1.23.